The molecule has 0 bridgehead atoms. The highest BCUT2D eigenvalue weighted by atomic mass is 16.8. The van der Waals surface area contributed by atoms with Gasteiger partial charge in [0.2, 0.25) is 6.29 Å². The third-order valence-corrected chi connectivity index (χ3v) is 7.58. The lowest BCUT2D eigenvalue weighted by Crippen LogP contribution is -2.63. The van der Waals surface area contributed by atoms with Crippen LogP contribution in [0.2, 0.25) is 0 Å². The smallest absolute Gasteiger partial charge is 0.295 e. The van der Waals surface area contributed by atoms with Gasteiger partial charge in [0.1, 0.15) is 36.6 Å². The number of aliphatic hydroxyl groups excluding tert-OH is 4. The molecule has 40 heavy (non-hydrogen) atoms. The van der Waals surface area contributed by atoms with Crippen molar-refractivity contribution in [3.05, 3.63) is 20.9 Å². The second-order valence-electron chi connectivity index (χ2n) is 9.89. The molecule has 0 aromatic carbocycles. The SMILES string of the molecule is CO[C@@H]1C(CO)O[C@H](O[C@@H]2C(OC=O)O[C@@H](O[C@@H]3C(CO)O[C@H](C)C(N=[N+]=[N-])[C@H]3C)C(O)[C@H]2C)C(N=[N+]=[N-])[C@H]1O. The average Bonchev–Trinajstić information content (AvgIpc) is 2.94. The summed E-state index contributed by atoms with van der Waals surface area (Å²) in [4.78, 5) is 16.9. The Balaban J connectivity index is 1.83. The monoisotopic (exact) mass is 576 g/mol. The summed E-state index contributed by atoms with van der Waals surface area (Å²) < 4.78 is 39.5. The number of aliphatic hydroxyl groups is 4. The molecule has 0 aromatic rings. The van der Waals surface area contributed by atoms with Crippen LogP contribution in [0.3, 0.4) is 0 Å². The minimum absolute atomic E-state index is 0.101. The van der Waals surface area contributed by atoms with E-state index in [2.05, 4.69) is 20.1 Å². The molecule has 0 saturated carbocycles. The van der Waals surface area contributed by atoms with Gasteiger partial charge in [-0.1, -0.05) is 24.1 Å². The zero-order chi connectivity index (χ0) is 29.6. The van der Waals surface area contributed by atoms with Crippen molar-refractivity contribution in [3.63, 3.8) is 0 Å². The first-order valence-electron chi connectivity index (χ1n) is 12.7. The molecule has 3 aliphatic heterocycles. The van der Waals surface area contributed by atoms with Gasteiger partial charge < -0.3 is 53.6 Å². The molecule has 0 aliphatic carbocycles. The van der Waals surface area contributed by atoms with Crippen molar-refractivity contribution in [2.75, 3.05) is 20.3 Å². The maximum absolute atomic E-state index is 11.3. The van der Waals surface area contributed by atoms with E-state index in [-0.39, 0.29) is 6.47 Å². The molecule has 3 rings (SSSR count). The highest BCUT2D eigenvalue weighted by molar-refractivity contribution is 5.37. The van der Waals surface area contributed by atoms with Crippen molar-refractivity contribution in [2.24, 2.45) is 22.1 Å². The molecule has 18 heteroatoms. The van der Waals surface area contributed by atoms with E-state index < -0.39 is 105 Å². The molecule has 226 valence electrons. The van der Waals surface area contributed by atoms with E-state index in [1.165, 1.54) is 7.11 Å². The average molecular weight is 577 g/mol. The maximum Gasteiger partial charge on any atom is 0.295 e. The first kappa shape index (κ1) is 32.2. The fourth-order valence-electron chi connectivity index (χ4n) is 5.40. The van der Waals surface area contributed by atoms with Crippen LogP contribution in [0.25, 0.3) is 20.9 Å². The standard InChI is InChI=1S/C22H36N6O12/c1-8-13(25-27-23)10(3)36-11(5-29)17(8)38-21-15(32)9(2)18(22(40-21)35-7-31)39-20-14(26-28-24)16(33)19(34-4)12(6-30)37-20/h7-22,29-30,32-33H,5-6H2,1-4H3/t8-,9-,10-,11?,12?,13?,14?,15?,16-,17+,18+,19-,20-,21-,22?/m1/s1. The van der Waals surface area contributed by atoms with Gasteiger partial charge in [-0.2, -0.15) is 0 Å². The Labute approximate surface area is 229 Å². The van der Waals surface area contributed by atoms with Crippen LogP contribution < -0.4 is 0 Å². The van der Waals surface area contributed by atoms with Crippen molar-refractivity contribution < 1.29 is 58.4 Å². The normalized spacial score (nSPS) is 45.5. The summed E-state index contributed by atoms with van der Waals surface area (Å²) in [5.41, 5.74) is 18.0. The van der Waals surface area contributed by atoms with Gasteiger partial charge in [0.05, 0.1) is 37.6 Å². The second-order valence-corrected chi connectivity index (χ2v) is 9.89. The molecule has 15 atom stereocenters. The summed E-state index contributed by atoms with van der Waals surface area (Å²) >= 11 is 0. The number of azide groups is 2. The lowest BCUT2D eigenvalue weighted by atomic mass is 9.86. The summed E-state index contributed by atoms with van der Waals surface area (Å²) in [5.74, 6) is -1.34. The van der Waals surface area contributed by atoms with Crippen LogP contribution in [0, 0.1) is 11.8 Å². The Morgan fingerprint density at radius 1 is 0.800 bits per heavy atom. The van der Waals surface area contributed by atoms with Gasteiger partial charge in [0.25, 0.3) is 6.47 Å². The Morgan fingerprint density at radius 3 is 1.98 bits per heavy atom. The first-order valence-corrected chi connectivity index (χ1v) is 12.7. The summed E-state index contributed by atoms with van der Waals surface area (Å²) in [6.45, 7) is 4.09. The predicted molar refractivity (Wildman–Crippen MR) is 130 cm³/mol. The number of methoxy groups -OCH3 is 1. The fraction of sp³-hybridized carbons (Fsp3) is 0.955. The van der Waals surface area contributed by atoms with Crippen LogP contribution in [0.5, 0.6) is 0 Å². The lowest BCUT2D eigenvalue weighted by Gasteiger charge is -2.48. The Hall–Kier alpha value is -2.31. The van der Waals surface area contributed by atoms with Crippen molar-refractivity contribution >= 4 is 6.47 Å². The molecule has 3 heterocycles. The van der Waals surface area contributed by atoms with E-state index in [1.807, 2.05) is 0 Å². The number of nitrogens with zero attached hydrogens (tertiary/aromatic N) is 6. The highest BCUT2D eigenvalue weighted by Gasteiger charge is 2.53. The lowest BCUT2D eigenvalue weighted by molar-refractivity contribution is -0.377. The van der Waals surface area contributed by atoms with Crippen LogP contribution >= 0.6 is 0 Å². The van der Waals surface area contributed by atoms with Crippen LogP contribution in [0.1, 0.15) is 20.8 Å². The third kappa shape index (κ3) is 6.60. The van der Waals surface area contributed by atoms with Gasteiger partial charge in [-0.25, -0.2) is 0 Å². The zero-order valence-electron chi connectivity index (χ0n) is 22.4. The Bertz CT molecular complexity index is 938. The quantitative estimate of drug-likeness (QED) is 0.105. The maximum atomic E-state index is 11.3. The van der Waals surface area contributed by atoms with Gasteiger partial charge >= 0.3 is 0 Å². The summed E-state index contributed by atoms with van der Waals surface area (Å²) in [7, 11) is 1.28. The van der Waals surface area contributed by atoms with E-state index in [0.29, 0.717) is 0 Å². The van der Waals surface area contributed by atoms with Gasteiger partial charge in [0, 0.05) is 22.9 Å². The highest BCUT2D eigenvalue weighted by Crippen LogP contribution is 2.37. The third-order valence-electron chi connectivity index (χ3n) is 7.58. The zero-order valence-corrected chi connectivity index (χ0v) is 22.4. The number of carbonyl (C=O) groups is 1. The number of carbonyl (C=O) groups excluding carboxylic acids is 1. The molecule has 18 nitrogen and oxygen atoms in total. The van der Waals surface area contributed by atoms with Gasteiger partial charge in [-0.3, -0.25) is 4.79 Å². The van der Waals surface area contributed by atoms with E-state index in [4.69, 9.17) is 44.2 Å². The van der Waals surface area contributed by atoms with Crippen molar-refractivity contribution in [1.29, 1.82) is 0 Å². The predicted octanol–water partition coefficient (Wildman–Crippen LogP) is -0.524. The van der Waals surface area contributed by atoms with Gasteiger partial charge in [-0.15, -0.1) is 0 Å². The summed E-state index contributed by atoms with van der Waals surface area (Å²) in [5, 5.41) is 48.8. The van der Waals surface area contributed by atoms with E-state index in [1.54, 1.807) is 20.8 Å². The van der Waals surface area contributed by atoms with Crippen LogP contribution in [0.15, 0.2) is 10.2 Å². The molecular formula is C22H36N6O12. The molecule has 0 spiro atoms. The van der Waals surface area contributed by atoms with E-state index in [0.717, 1.165) is 0 Å². The molecule has 6 unspecified atom stereocenters. The molecule has 4 N–H and O–H groups in total. The fourth-order valence-corrected chi connectivity index (χ4v) is 5.40. The topological polar surface area (TPSA) is 260 Å². The molecule has 0 aromatic heterocycles. The first-order chi connectivity index (χ1) is 19.2. The van der Waals surface area contributed by atoms with Crippen LogP contribution in [0.4, 0.5) is 0 Å². The number of ether oxygens (including phenoxy) is 7. The van der Waals surface area contributed by atoms with E-state index in [9.17, 15) is 25.2 Å². The Morgan fingerprint density at radius 2 is 1.40 bits per heavy atom. The van der Waals surface area contributed by atoms with Crippen molar-refractivity contribution in [3.8, 4) is 0 Å². The number of rotatable bonds is 11. The molecular weight excluding hydrogens is 540 g/mol. The minimum atomic E-state index is -1.47. The summed E-state index contributed by atoms with van der Waals surface area (Å²) in [6, 6.07) is -1.98. The van der Waals surface area contributed by atoms with Gasteiger partial charge in [0.15, 0.2) is 12.6 Å². The molecule has 3 aliphatic rings. The largest absolute Gasteiger partial charge is 0.435 e. The van der Waals surface area contributed by atoms with Crippen LogP contribution in [-0.4, -0.2) is 127 Å². The second kappa shape index (κ2) is 14.5. The number of hydrogen-bond donors (Lipinski definition) is 4. The number of hydrogen-bond acceptors (Lipinski definition) is 14. The molecule has 0 radical (unpaired) electrons. The Kier molecular flexibility index (Phi) is 11.7. The molecule has 3 saturated heterocycles. The summed E-state index contributed by atoms with van der Waals surface area (Å²) in [6.07, 6.45) is -12.7. The molecule has 3 fully saturated rings. The van der Waals surface area contributed by atoms with E-state index >= 15 is 0 Å². The van der Waals surface area contributed by atoms with Gasteiger partial charge in [-0.05, 0) is 23.9 Å². The van der Waals surface area contributed by atoms with Crippen molar-refractivity contribution in [1.82, 2.24) is 0 Å². The minimum Gasteiger partial charge on any atom is -0.435 e. The molecule has 0 amide bonds. The van der Waals surface area contributed by atoms with Crippen LogP contribution in [-0.2, 0) is 38.0 Å². The van der Waals surface area contributed by atoms with Crippen molar-refractivity contribution in [2.45, 2.75) is 101 Å².